The zero-order valence-corrected chi connectivity index (χ0v) is 15.4. The van der Waals surface area contributed by atoms with E-state index in [4.69, 9.17) is 4.74 Å². The summed E-state index contributed by atoms with van der Waals surface area (Å²) < 4.78 is 44.2. The van der Waals surface area contributed by atoms with E-state index in [0.717, 1.165) is 30.5 Å². The Morgan fingerprint density at radius 3 is 2.52 bits per heavy atom. The van der Waals surface area contributed by atoms with Gasteiger partial charge in [-0.05, 0) is 63.3 Å². The number of benzene rings is 1. The molecule has 1 aromatic rings. The summed E-state index contributed by atoms with van der Waals surface area (Å²) in [5, 5.41) is 9.33. The molecule has 2 heterocycles. The molecule has 144 valence electrons. The average Bonchev–Trinajstić information content (AvgIpc) is 2.82. The van der Waals surface area contributed by atoms with Crippen LogP contribution in [0.25, 0.3) is 5.57 Å². The van der Waals surface area contributed by atoms with Crippen LogP contribution in [-0.4, -0.2) is 28.7 Å². The first kappa shape index (κ1) is 19.3. The quantitative estimate of drug-likeness (QED) is 0.681. The minimum Gasteiger partial charge on any atom is -0.444 e. The highest BCUT2D eigenvalue weighted by Gasteiger charge is 2.42. The molecule has 2 atom stereocenters. The fourth-order valence-electron chi connectivity index (χ4n) is 3.72. The first-order chi connectivity index (χ1) is 12.5. The van der Waals surface area contributed by atoms with Crippen LogP contribution in [0.5, 0.6) is 0 Å². The molecule has 1 saturated heterocycles. The second kappa shape index (κ2) is 6.59. The van der Waals surface area contributed by atoms with E-state index < -0.39 is 17.3 Å². The number of fused-ring (bicyclic) bond motifs is 2. The van der Waals surface area contributed by atoms with Gasteiger partial charge in [-0.25, -0.2) is 4.79 Å². The minimum atomic E-state index is -4.49. The van der Waals surface area contributed by atoms with Crippen molar-refractivity contribution in [3.8, 4) is 6.07 Å². The number of rotatable bonds is 1. The third-order valence-corrected chi connectivity index (χ3v) is 4.81. The summed E-state index contributed by atoms with van der Waals surface area (Å²) in [5.74, 6) is 0. The van der Waals surface area contributed by atoms with Gasteiger partial charge in [-0.2, -0.15) is 18.4 Å². The van der Waals surface area contributed by atoms with Gasteiger partial charge in [-0.3, -0.25) is 4.90 Å². The molecule has 2 aliphatic heterocycles. The lowest BCUT2D eigenvalue weighted by Gasteiger charge is -2.35. The van der Waals surface area contributed by atoms with Gasteiger partial charge in [0.15, 0.2) is 0 Å². The van der Waals surface area contributed by atoms with Gasteiger partial charge in [0.25, 0.3) is 0 Å². The Kier molecular flexibility index (Phi) is 4.71. The molecule has 0 spiro atoms. The fourth-order valence-corrected chi connectivity index (χ4v) is 3.72. The lowest BCUT2D eigenvalue weighted by molar-refractivity contribution is -0.137. The normalized spacial score (nSPS) is 22.3. The van der Waals surface area contributed by atoms with Gasteiger partial charge in [0.05, 0.1) is 23.2 Å². The number of amides is 1. The van der Waals surface area contributed by atoms with Crippen LogP contribution in [0.3, 0.4) is 0 Å². The number of hydrogen-bond donors (Lipinski definition) is 0. The molecule has 0 N–H and O–H groups in total. The predicted octanol–water partition coefficient (Wildman–Crippen LogP) is 5.13. The standard InChI is InChI=1S/C20H21F3N2O2/c1-19(2,3)27-18(26)25-15-5-6-16(25)10-12(9-15)17-7-4-14(20(21,22)23)8-13(17)11-24/h4,7-9,15-16H,5-6,10H2,1-3H3. The van der Waals surface area contributed by atoms with Gasteiger partial charge in [0, 0.05) is 6.04 Å². The summed E-state index contributed by atoms with van der Waals surface area (Å²) in [6.07, 6.45) is -0.912. The van der Waals surface area contributed by atoms with Gasteiger partial charge >= 0.3 is 12.3 Å². The van der Waals surface area contributed by atoms with Crippen molar-refractivity contribution in [2.24, 2.45) is 0 Å². The van der Waals surface area contributed by atoms with Crippen molar-refractivity contribution >= 4 is 11.7 Å². The fraction of sp³-hybridized carbons (Fsp3) is 0.500. The first-order valence-corrected chi connectivity index (χ1v) is 8.83. The topological polar surface area (TPSA) is 53.3 Å². The first-order valence-electron chi connectivity index (χ1n) is 8.83. The van der Waals surface area contributed by atoms with Crippen LogP contribution in [0.4, 0.5) is 18.0 Å². The van der Waals surface area contributed by atoms with E-state index in [1.807, 2.05) is 12.1 Å². The molecule has 27 heavy (non-hydrogen) atoms. The van der Waals surface area contributed by atoms with Crippen LogP contribution in [-0.2, 0) is 10.9 Å². The van der Waals surface area contributed by atoms with Crippen LogP contribution >= 0.6 is 0 Å². The number of ether oxygens (including phenoxy) is 1. The van der Waals surface area contributed by atoms with Crippen LogP contribution in [0.1, 0.15) is 56.7 Å². The van der Waals surface area contributed by atoms with Crippen molar-refractivity contribution in [2.75, 3.05) is 0 Å². The summed E-state index contributed by atoms with van der Waals surface area (Å²) in [5.41, 5.74) is -0.111. The molecule has 3 rings (SSSR count). The van der Waals surface area contributed by atoms with E-state index in [1.54, 1.807) is 25.7 Å². The number of nitrogens with zero attached hydrogens (tertiary/aromatic N) is 2. The monoisotopic (exact) mass is 378 g/mol. The number of carbonyl (C=O) groups is 1. The zero-order valence-electron chi connectivity index (χ0n) is 15.4. The van der Waals surface area contributed by atoms with Gasteiger partial charge in [0.2, 0.25) is 0 Å². The highest BCUT2D eigenvalue weighted by Crippen LogP contribution is 2.41. The maximum absolute atomic E-state index is 12.9. The maximum Gasteiger partial charge on any atom is 0.416 e. The summed E-state index contributed by atoms with van der Waals surface area (Å²) >= 11 is 0. The molecular formula is C20H21F3N2O2. The largest absolute Gasteiger partial charge is 0.444 e. The number of alkyl halides is 3. The SMILES string of the molecule is CC(C)(C)OC(=O)N1C2C=C(c3ccc(C(F)(F)F)cc3C#N)CC1CC2. The lowest BCUT2D eigenvalue weighted by atomic mass is 9.91. The Balaban J connectivity index is 1.90. The molecule has 1 amide bonds. The third kappa shape index (κ3) is 3.95. The van der Waals surface area contributed by atoms with Gasteiger partial charge in [-0.15, -0.1) is 0 Å². The van der Waals surface area contributed by atoms with Crippen LogP contribution in [0, 0.1) is 11.3 Å². The highest BCUT2D eigenvalue weighted by atomic mass is 19.4. The number of nitriles is 1. The molecule has 4 nitrogen and oxygen atoms in total. The molecule has 2 unspecified atom stereocenters. The van der Waals surface area contributed by atoms with Crippen molar-refractivity contribution in [2.45, 2.75) is 63.9 Å². The molecule has 0 aromatic heterocycles. The smallest absolute Gasteiger partial charge is 0.416 e. The van der Waals surface area contributed by atoms with Crippen molar-refractivity contribution < 1.29 is 22.7 Å². The van der Waals surface area contributed by atoms with Gasteiger partial charge in [-0.1, -0.05) is 12.1 Å². The average molecular weight is 378 g/mol. The molecular weight excluding hydrogens is 357 g/mol. The van der Waals surface area contributed by atoms with E-state index in [9.17, 15) is 23.2 Å². The van der Waals surface area contributed by atoms with Gasteiger partial charge < -0.3 is 4.74 Å². The highest BCUT2D eigenvalue weighted by molar-refractivity contribution is 5.77. The van der Waals surface area contributed by atoms with Gasteiger partial charge in [0.1, 0.15) is 5.60 Å². The summed E-state index contributed by atoms with van der Waals surface area (Å²) in [6, 6.07) is 4.88. The van der Waals surface area contributed by atoms with E-state index in [1.165, 1.54) is 6.07 Å². The molecule has 0 radical (unpaired) electrons. The van der Waals surface area contributed by atoms with E-state index in [0.29, 0.717) is 12.0 Å². The van der Waals surface area contributed by atoms with Crippen molar-refractivity contribution in [1.82, 2.24) is 4.90 Å². The molecule has 2 bridgehead atoms. The minimum absolute atomic E-state index is 0.00110. The van der Waals surface area contributed by atoms with Crippen molar-refractivity contribution in [1.29, 1.82) is 5.26 Å². The molecule has 1 fully saturated rings. The van der Waals surface area contributed by atoms with E-state index in [2.05, 4.69) is 0 Å². The predicted molar refractivity (Wildman–Crippen MR) is 93.6 cm³/mol. The Morgan fingerprint density at radius 1 is 1.26 bits per heavy atom. The lowest BCUT2D eigenvalue weighted by Crippen LogP contribution is -2.45. The molecule has 7 heteroatoms. The molecule has 2 aliphatic rings. The number of carbonyl (C=O) groups excluding carboxylic acids is 1. The van der Waals surface area contributed by atoms with Crippen LogP contribution in [0.15, 0.2) is 24.3 Å². The Morgan fingerprint density at radius 2 is 1.96 bits per heavy atom. The summed E-state index contributed by atoms with van der Waals surface area (Å²) in [4.78, 5) is 14.2. The van der Waals surface area contributed by atoms with Crippen LogP contribution < -0.4 is 0 Å². The Hall–Kier alpha value is -2.49. The van der Waals surface area contributed by atoms with Crippen molar-refractivity contribution in [3.05, 3.63) is 41.0 Å². The molecule has 0 saturated carbocycles. The van der Waals surface area contributed by atoms with Crippen LogP contribution in [0.2, 0.25) is 0 Å². The zero-order chi connectivity index (χ0) is 20.0. The Bertz CT molecular complexity index is 831. The van der Waals surface area contributed by atoms with E-state index in [-0.39, 0.29) is 23.7 Å². The second-order valence-electron chi connectivity index (χ2n) is 7.95. The molecule has 0 aliphatic carbocycles. The summed E-state index contributed by atoms with van der Waals surface area (Å²) in [6.45, 7) is 5.41. The van der Waals surface area contributed by atoms with Crippen molar-refractivity contribution in [3.63, 3.8) is 0 Å². The third-order valence-electron chi connectivity index (χ3n) is 4.81. The number of hydrogen-bond acceptors (Lipinski definition) is 3. The number of halogens is 3. The molecule has 1 aromatic carbocycles. The van der Waals surface area contributed by atoms with E-state index >= 15 is 0 Å². The summed E-state index contributed by atoms with van der Waals surface area (Å²) in [7, 11) is 0. The second-order valence-corrected chi connectivity index (χ2v) is 7.95. The maximum atomic E-state index is 12.9. The Labute approximate surface area is 156 Å².